The molecule has 6 heteroatoms. The lowest BCUT2D eigenvalue weighted by Crippen LogP contribution is -2.30. The van der Waals surface area contributed by atoms with E-state index in [9.17, 15) is 14.4 Å². The molecule has 0 bridgehead atoms. The van der Waals surface area contributed by atoms with Crippen molar-refractivity contribution in [3.63, 3.8) is 0 Å². The summed E-state index contributed by atoms with van der Waals surface area (Å²) in [6, 6.07) is 0. The van der Waals surface area contributed by atoms with Crippen molar-refractivity contribution in [2.75, 3.05) is 13.2 Å². The van der Waals surface area contributed by atoms with Gasteiger partial charge in [-0.25, -0.2) is 0 Å². The topological polar surface area (TPSA) is 78.9 Å². The molecule has 0 saturated heterocycles. The molecule has 0 heterocycles. The third kappa shape index (κ3) is 68.7. The second-order valence-electron chi connectivity index (χ2n) is 23.4. The van der Waals surface area contributed by atoms with Crippen molar-refractivity contribution in [3.8, 4) is 0 Å². The van der Waals surface area contributed by atoms with Gasteiger partial charge in [-0.15, -0.1) is 0 Å². The van der Waals surface area contributed by atoms with Crippen LogP contribution in [0.1, 0.15) is 342 Å². The van der Waals surface area contributed by atoms with Crippen LogP contribution >= 0.6 is 0 Å². The van der Waals surface area contributed by atoms with Crippen LogP contribution in [0.4, 0.5) is 0 Å². The molecule has 0 radical (unpaired) electrons. The summed E-state index contributed by atoms with van der Waals surface area (Å²) in [4.78, 5) is 38.4. The maximum Gasteiger partial charge on any atom is 0.306 e. The highest BCUT2D eigenvalue weighted by Crippen LogP contribution is 2.17. The van der Waals surface area contributed by atoms with E-state index in [2.05, 4.69) is 130 Å². The Bertz CT molecular complexity index is 1660. The zero-order chi connectivity index (χ0) is 59.9. The lowest BCUT2D eigenvalue weighted by molar-refractivity contribution is -0.167. The zero-order valence-electron chi connectivity index (χ0n) is 54.7. The van der Waals surface area contributed by atoms with Crippen LogP contribution in [-0.2, 0) is 28.6 Å². The largest absolute Gasteiger partial charge is 0.462 e. The van der Waals surface area contributed by atoms with E-state index >= 15 is 0 Å². The summed E-state index contributed by atoms with van der Waals surface area (Å²) < 4.78 is 17.0. The summed E-state index contributed by atoms with van der Waals surface area (Å²) >= 11 is 0. The highest BCUT2D eigenvalue weighted by Gasteiger charge is 2.19. The molecule has 1 atom stereocenters. The van der Waals surface area contributed by atoms with Crippen LogP contribution < -0.4 is 0 Å². The predicted molar refractivity (Wildman–Crippen MR) is 362 cm³/mol. The third-order valence-electron chi connectivity index (χ3n) is 15.2. The van der Waals surface area contributed by atoms with Crippen molar-refractivity contribution in [3.05, 3.63) is 109 Å². The highest BCUT2D eigenvalue weighted by atomic mass is 16.6. The Balaban J connectivity index is 4.26. The van der Waals surface area contributed by atoms with E-state index in [1.807, 2.05) is 0 Å². The molecule has 0 aliphatic carbocycles. The molecule has 0 aromatic carbocycles. The van der Waals surface area contributed by atoms with E-state index in [-0.39, 0.29) is 31.1 Å². The third-order valence-corrected chi connectivity index (χ3v) is 15.2. The van der Waals surface area contributed by atoms with Crippen LogP contribution in [0.25, 0.3) is 0 Å². The number of ether oxygens (including phenoxy) is 3. The van der Waals surface area contributed by atoms with Crippen LogP contribution in [0.15, 0.2) is 109 Å². The number of rotatable bonds is 64. The zero-order valence-corrected chi connectivity index (χ0v) is 54.7. The first-order valence-electron chi connectivity index (χ1n) is 35.4. The number of carbonyl (C=O) groups is 3. The SMILES string of the molecule is CC/C=C\C/C=C\C/C=C\C/C=C\CCCCCCCCCCCCCCCCCCC(=O)OCC(COC(=O)CCCCCCC/C=C\CCCCCC)OC(=O)CCCCCCCCCCCC/C=C\C/C=C\C/C=C\C/C=C\CC. The minimum Gasteiger partial charge on any atom is -0.462 e. The average Bonchev–Trinajstić information content (AvgIpc) is 3.49. The van der Waals surface area contributed by atoms with Crippen molar-refractivity contribution in [2.24, 2.45) is 0 Å². The lowest BCUT2D eigenvalue weighted by Gasteiger charge is -2.18. The average molecular weight is 1150 g/mol. The summed E-state index contributed by atoms with van der Waals surface area (Å²) in [6.07, 6.45) is 96.9. The Hall–Kier alpha value is -3.93. The van der Waals surface area contributed by atoms with E-state index in [1.54, 1.807) is 0 Å². The summed E-state index contributed by atoms with van der Waals surface area (Å²) in [7, 11) is 0. The molecule has 1 unspecified atom stereocenters. The minimum absolute atomic E-state index is 0.0801. The van der Waals surface area contributed by atoms with E-state index < -0.39 is 6.10 Å². The van der Waals surface area contributed by atoms with Crippen LogP contribution in [0.5, 0.6) is 0 Å². The molecule has 0 aromatic heterocycles. The van der Waals surface area contributed by atoms with Crippen molar-refractivity contribution in [1.82, 2.24) is 0 Å². The Morgan fingerprint density at radius 3 is 0.747 bits per heavy atom. The van der Waals surface area contributed by atoms with Gasteiger partial charge in [-0.2, -0.15) is 0 Å². The number of hydrogen-bond acceptors (Lipinski definition) is 6. The molecule has 0 aromatic rings. The molecular weight excluding hydrogens is 1020 g/mol. The quantitative estimate of drug-likeness (QED) is 0.0261. The highest BCUT2D eigenvalue weighted by molar-refractivity contribution is 5.71. The summed E-state index contributed by atoms with van der Waals surface area (Å²) in [5, 5.41) is 0. The Kier molecular flexibility index (Phi) is 67.2. The molecule has 0 aliphatic rings. The van der Waals surface area contributed by atoms with E-state index in [4.69, 9.17) is 14.2 Å². The second kappa shape index (κ2) is 70.6. The molecule has 0 N–H and O–H groups in total. The van der Waals surface area contributed by atoms with Crippen LogP contribution in [0.2, 0.25) is 0 Å². The van der Waals surface area contributed by atoms with E-state index in [1.165, 1.54) is 186 Å². The fourth-order valence-corrected chi connectivity index (χ4v) is 10.0. The number of hydrogen-bond donors (Lipinski definition) is 0. The van der Waals surface area contributed by atoms with Gasteiger partial charge in [-0.1, -0.05) is 310 Å². The maximum absolute atomic E-state index is 13.0. The van der Waals surface area contributed by atoms with Crippen molar-refractivity contribution in [1.29, 1.82) is 0 Å². The molecule has 0 aliphatic heterocycles. The molecule has 0 fully saturated rings. The number of esters is 3. The Labute approximate surface area is 514 Å². The van der Waals surface area contributed by atoms with Crippen LogP contribution in [-0.4, -0.2) is 37.2 Å². The first kappa shape index (κ1) is 79.1. The normalized spacial score (nSPS) is 12.8. The molecule has 0 saturated carbocycles. The molecule has 0 amide bonds. The molecule has 6 nitrogen and oxygen atoms in total. The fraction of sp³-hybridized carbons (Fsp3) is 0.727. The Morgan fingerprint density at radius 2 is 0.470 bits per heavy atom. The summed E-state index contributed by atoms with van der Waals surface area (Å²) in [5.74, 6) is -0.879. The van der Waals surface area contributed by atoms with Crippen molar-refractivity contribution in [2.45, 2.75) is 348 Å². The fourth-order valence-electron chi connectivity index (χ4n) is 10.0. The first-order valence-corrected chi connectivity index (χ1v) is 35.4. The van der Waals surface area contributed by atoms with Gasteiger partial charge < -0.3 is 14.2 Å². The molecular formula is C77H132O6. The van der Waals surface area contributed by atoms with Gasteiger partial charge in [-0.3, -0.25) is 14.4 Å². The van der Waals surface area contributed by atoms with Crippen LogP contribution in [0.3, 0.4) is 0 Å². The van der Waals surface area contributed by atoms with Crippen molar-refractivity contribution >= 4 is 17.9 Å². The van der Waals surface area contributed by atoms with Gasteiger partial charge >= 0.3 is 17.9 Å². The summed E-state index contributed by atoms with van der Waals surface area (Å²) in [5.41, 5.74) is 0. The molecule has 476 valence electrons. The van der Waals surface area contributed by atoms with Gasteiger partial charge in [0.05, 0.1) is 0 Å². The smallest absolute Gasteiger partial charge is 0.306 e. The summed E-state index contributed by atoms with van der Waals surface area (Å²) in [6.45, 7) is 6.43. The Morgan fingerprint density at radius 1 is 0.253 bits per heavy atom. The van der Waals surface area contributed by atoms with Crippen LogP contribution in [0, 0.1) is 0 Å². The monoisotopic (exact) mass is 1150 g/mol. The van der Waals surface area contributed by atoms with Gasteiger partial charge in [0.15, 0.2) is 6.10 Å². The van der Waals surface area contributed by atoms with Gasteiger partial charge in [0.2, 0.25) is 0 Å². The molecule has 0 rings (SSSR count). The number of allylic oxidation sites excluding steroid dienone is 18. The molecule has 83 heavy (non-hydrogen) atoms. The van der Waals surface area contributed by atoms with Gasteiger partial charge in [0.1, 0.15) is 13.2 Å². The number of carbonyl (C=O) groups excluding carboxylic acids is 3. The predicted octanol–water partition coefficient (Wildman–Crippen LogP) is 24.6. The minimum atomic E-state index is -0.785. The van der Waals surface area contributed by atoms with E-state index in [0.29, 0.717) is 19.3 Å². The van der Waals surface area contributed by atoms with Gasteiger partial charge in [0, 0.05) is 19.3 Å². The number of unbranched alkanes of at least 4 members (excludes halogenated alkanes) is 35. The lowest BCUT2D eigenvalue weighted by atomic mass is 10.0. The van der Waals surface area contributed by atoms with E-state index in [0.717, 1.165) is 116 Å². The maximum atomic E-state index is 13.0. The second-order valence-corrected chi connectivity index (χ2v) is 23.4. The molecule has 0 spiro atoms. The standard InChI is InChI=1S/C77H132O6/c1-4-7-10-13-16-19-22-25-27-29-31-33-35-36-37-38-39-40-42-43-45-47-49-52-55-58-61-64-67-70-76(79)82-73-74(72-81-75(78)69-66-63-60-57-54-51-24-21-18-15-12-9-6-3)83-77(80)71-68-65-62-59-56-53-50-48-46-44-41-34-32-30-28-26-23-20-17-14-11-8-5-2/h7-8,10-11,16-17,19-21,24-28,31-34,74H,4-6,9,12-15,18,22-23,29-30,35-73H2,1-3H3/b10-7-,11-8-,19-16-,20-17-,24-21-,27-25-,28-26-,33-31-,34-32-. The van der Waals surface area contributed by atoms with Gasteiger partial charge in [-0.05, 0) is 122 Å². The van der Waals surface area contributed by atoms with Crippen molar-refractivity contribution < 1.29 is 28.6 Å². The first-order chi connectivity index (χ1) is 41.0. The van der Waals surface area contributed by atoms with Gasteiger partial charge in [0.25, 0.3) is 0 Å².